The van der Waals surface area contributed by atoms with Crippen LogP contribution in [0, 0.1) is 0 Å². The van der Waals surface area contributed by atoms with Crippen LogP contribution in [0.1, 0.15) is 32.6 Å². The molecular formula is C11H22N2O2. The summed E-state index contributed by atoms with van der Waals surface area (Å²) in [5, 5.41) is 11.9. The van der Waals surface area contributed by atoms with Crippen molar-refractivity contribution in [2.75, 3.05) is 26.2 Å². The van der Waals surface area contributed by atoms with Crippen molar-refractivity contribution in [1.29, 1.82) is 0 Å². The van der Waals surface area contributed by atoms with Gasteiger partial charge >= 0.3 is 0 Å². The Kier molecular flexibility index (Phi) is 5.65. The Balaban J connectivity index is 2.24. The van der Waals surface area contributed by atoms with E-state index in [0.717, 1.165) is 45.3 Å². The summed E-state index contributed by atoms with van der Waals surface area (Å²) >= 11 is 0. The smallest absolute Gasteiger partial charge is 0.239 e. The maximum Gasteiger partial charge on any atom is 0.239 e. The van der Waals surface area contributed by atoms with Gasteiger partial charge in [0.05, 0.1) is 6.04 Å². The minimum absolute atomic E-state index is 0.0246. The van der Waals surface area contributed by atoms with Crippen LogP contribution in [0.15, 0.2) is 0 Å². The number of carbonyl (C=O) groups is 1. The summed E-state index contributed by atoms with van der Waals surface area (Å²) < 4.78 is 0. The average molecular weight is 214 g/mol. The number of piperazine rings is 1. The third-order valence-electron chi connectivity index (χ3n) is 2.88. The molecule has 0 aromatic carbocycles. The van der Waals surface area contributed by atoms with Crippen molar-refractivity contribution in [1.82, 2.24) is 10.2 Å². The average Bonchev–Trinajstić information content (AvgIpc) is 2.26. The first-order valence-corrected chi connectivity index (χ1v) is 5.92. The molecule has 1 unspecified atom stereocenters. The normalized spacial score (nSPS) is 22.1. The molecule has 0 aromatic rings. The maximum absolute atomic E-state index is 11.8. The molecule has 1 aliphatic rings. The van der Waals surface area contributed by atoms with Crippen molar-refractivity contribution >= 4 is 5.91 Å². The molecule has 1 heterocycles. The number of hydrogen-bond donors (Lipinski definition) is 2. The van der Waals surface area contributed by atoms with E-state index in [0.29, 0.717) is 0 Å². The van der Waals surface area contributed by atoms with Crippen molar-refractivity contribution in [2.24, 2.45) is 0 Å². The summed E-state index contributed by atoms with van der Waals surface area (Å²) in [6, 6.07) is 0.0246. The minimum atomic E-state index is 0.0246. The Morgan fingerprint density at radius 3 is 2.93 bits per heavy atom. The molecule has 0 spiro atoms. The standard InChI is InChI=1S/C11H22N2O2/c1-2-10-11(15)13(8-6-12-10)7-4-3-5-9-14/h10,12,14H,2-9H2,1H3. The Bertz CT molecular complexity index is 197. The molecule has 1 amide bonds. The maximum atomic E-state index is 11.8. The molecule has 2 N–H and O–H groups in total. The van der Waals surface area contributed by atoms with Crippen molar-refractivity contribution in [3.8, 4) is 0 Å². The molecule has 4 nitrogen and oxygen atoms in total. The molecule has 1 aliphatic heterocycles. The van der Waals surface area contributed by atoms with E-state index in [4.69, 9.17) is 5.11 Å². The highest BCUT2D eigenvalue weighted by Gasteiger charge is 2.25. The summed E-state index contributed by atoms with van der Waals surface area (Å²) in [6.45, 7) is 4.87. The van der Waals surface area contributed by atoms with Crippen LogP contribution in [0.5, 0.6) is 0 Å². The van der Waals surface area contributed by atoms with Gasteiger partial charge in [-0.3, -0.25) is 4.79 Å². The number of nitrogens with one attached hydrogen (secondary N) is 1. The van der Waals surface area contributed by atoms with Gasteiger partial charge in [-0.05, 0) is 25.7 Å². The molecule has 88 valence electrons. The fraction of sp³-hybridized carbons (Fsp3) is 0.909. The van der Waals surface area contributed by atoms with E-state index in [1.54, 1.807) is 0 Å². The Labute approximate surface area is 91.6 Å². The first-order chi connectivity index (χ1) is 7.29. The van der Waals surface area contributed by atoms with Crippen molar-refractivity contribution < 1.29 is 9.90 Å². The third-order valence-corrected chi connectivity index (χ3v) is 2.88. The van der Waals surface area contributed by atoms with Crippen LogP contribution in [-0.2, 0) is 4.79 Å². The molecule has 1 fully saturated rings. The SMILES string of the molecule is CCC1NCCN(CCCCCO)C1=O. The van der Waals surface area contributed by atoms with E-state index < -0.39 is 0 Å². The molecule has 0 bridgehead atoms. The zero-order valence-electron chi connectivity index (χ0n) is 9.54. The van der Waals surface area contributed by atoms with E-state index in [1.165, 1.54) is 0 Å². The van der Waals surface area contributed by atoms with Crippen molar-refractivity contribution in [3.63, 3.8) is 0 Å². The number of nitrogens with zero attached hydrogens (tertiary/aromatic N) is 1. The minimum Gasteiger partial charge on any atom is -0.396 e. The molecular weight excluding hydrogens is 192 g/mol. The van der Waals surface area contributed by atoms with Gasteiger partial charge in [0.25, 0.3) is 0 Å². The first-order valence-electron chi connectivity index (χ1n) is 5.92. The van der Waals surface area contributed by atoms with Crippen LogP contribution in [-0.4, -0.2) is 48.2 Å². The number of carbonyl (C=O) groups excluding carboxylic acids is 1. The second-order valence-electron chi connectivity index (χ2n) is 4.02. The number of unbranched alkanes of at least 4 members (excludes halogenated alkanes) is 2. The number of amides is 1. The van der Waals surface area contributed by atoms with Crippen LogP contribution in [0.2, 0.25) is 0 Å². The van der Waals surface area contributed by atoms with Gasteiger partial charge in [-0.15, -0.1) is 0 Å². The topological polar surface area (TPSA) is 52.6 Å². The van der Waals surface area contributed by atoms with Crippen LogP contribution in [0.3, 0.4) is 0 Å². The van der Waals surface area contributed by atoms with Crippen LogP contribution in [0.25, 0.3) is 0 Å². The van der Waals surface area contributed by atoms with E-state index in [9.17, 15) is 4.79 Å². The van der Waals surface area contributed by atoms with E-state index in [2.05, 4.69) is 5.32 Å². The van der Waals surface area contributed by atoms with Crippen LogP contribution >= 0.6 is 0 Å². The largest absolute Gasteiger partial charge is 0.396 e. The van der Waals surface area contributed by atoms with Gasteiger partial charge in [0, 0.05) is 26.2 Å². The lowest BCUT2D eigenvalue weighted by Crippen LogP contribution is -2.54. The second-order valence-corrected chi connectivity index (χ2v) is 4.02. The lowest BCUT2D eigenvalue weighted by atomic mass is 10.1. The van der Waals surface area contributed by atoms with E-state index in [1.807, 2.05) is 11.8 Å². The van der Waals surface area contributed by atoms with E-state index in [-0.39, 0.29) is 18.6 Å². The highest BCUT2D eigenvalue weighted by molar-refractivity contribution is 5.82. The Morgan fingerprint density at radius 2 is 2.27 bits per heavy atom. The molecule has 0 aromatic heterocycles. The summed E-state index contributed by atoms with van der Waals surface area (Å²) in [4.78, 5) is 13.8. The molecule has 0 aliphatic carbocycles. The van der Waals surface area contributed by atoms with Gasteiger partial charge in [-0.2, -0.15) is 0 Å². The summed E-state index contributed by atoms with van der Waals surface area (Å²) in [7, 11) is 0. The molecule has 1 saturated heterocycles. The lowest BCUT2D eigenvalue weighted by molar-refractivity contribution is -0.135. The third kappa shape index (κ3) is 3.80. The number of aliphatic hydroxyl groups is 1. The fourth-order valence-electron chi connectivity index (χ4n) is 1.92. The van der Waals surface area contributed by atoms with Gasteiger partial charge in [0.2, 0.25) is 5.91 Å². The van der Waals surface area contributed by atoms with Gasteiger partial charge in [0.15, 0.2) is 0 Å². The zero-order chi connectivity index (χ0) is 11.1. The number of hydrogen-bond acceptors (Lipinski definition) is 3. The van der Waals surface area contributed by atoms with Gasteiger partial charge in [-0.1, -0.05) is 6.92 Å². The van der Waals surface area contributed by atoms with Gasteiger partial charge < -0.3 is 15.3 Å². The molecule has 4 heteroatoms. The van der Waals surface area contributed by atoms with Crippen LogP contribution < -0.4 is 5.32 Å². The predicted octanol–water partition coefficient (Wildman–Crippen LogP) is 0.359. The predicted molar refractivity (Wildman–Crippen MR) is 59.6 cm³/mol. The summed E-state index contributed by atoms with van der Waals surface area (Å²) in [6.07, 6.45) is 3.72. The van der Waals surface area contributed by atoms with Crippen molar-refractivity contribution in [2.45, 2.75) is 38.6 Å². The fourth-order valence-corrected chi connectivity index (χ4v) is 1.92. The number of rotatable bonds is 6. The molecule has 0 radical (unpaired) electrons. The Morgan fingerprint density at radius 1 is 1.47 bits per heavy atom. The summed E-state index contributed by atoms with van der Waals surface area (Å²) in [5.74, 6) is 0.243. The quantitative estimate of drug-likeness (QED) is 0.628. The van der Waals surface area contributed by atoms with Gasteiger partial charge in [-0.25, -0.2) is 0 Å². The Hall–Kier alpha value is -0.610. The molecule has 1 rings (SSSR count). The first kappa shape index (κ1) is 12.5. The second kappa shape index (κ2) is 6.80. The van der Waals surface area contributed by atoms with E-state index >= 15 is 0 Å². The highest BCUT2D eigenvalue weighted by Crippen LogP contribution is 2.06. The van der Waals surface area contributed by atoms with Gasteiger partial charge in [0.1, 0.15) is 0 Å². The zero-order valence-corrected chi connectivity index (χ0v) is 9.54. The molecule has 0 saturated carbocycles. The van der Waals surface area contributed by atoms with Crippen molar-refractivity contribution in [3.05, 3.63) is 0 Å². The monoisotopic (exact) mass is 214 g/mol. The molecule has 15 heavy (non-hydrogen) atoms. The number of aliphatic hydroxyl groups excluding tert-OH is 1. The lowest BCUT2D eigenvalue weighted by Gasteiger charge is -2.32. The molecule has 1 atom stereocenters. The summed E-state index contributed by atoms with van der Waals surface area (Å²) in [5.41, 5.74) is 0. The van der Waals surface area contributed by atoms with Crippen LogP contribution in [0.4, 0.5) is 0 Å². The highest BCUT2D eigenvalue weighted by atomic mass is 16.2.